The minimum absolute atomic E-state index is 0.149. The van der Waals surface area contributed by atoms with Gasteiger partial charge >= 0.3 is 0 Å². The van der Waals surface area contributed by atoms with Gasteiger partial charge in [0.05, 0.1) is 5.69 Å². The molecule has 0 aromatic heterocycles. The average Bonchev–Trinajstić information content (AvgIpc) is 3.11. The number of fused-ring (bicyclic) bond motifs is 2. The van der Waals surface area contributed by atoms with E-state index >= 15 is 0 Å². The van der Waals surface area contributed by atoms with Gasteiger partial charge in [0.15, 0.2) is 16.7 Å². The van der Waals surface area contributed by atoms with Crippen LogP contribution in [0.1, 0.15) is 25.7 Å². The summed E-state index contributed by atoms with van der Waals surface area (Å²) < 4.78 is 10.7. The molecule has 0 spiro atoms. The number of carbonyl (C=O) groups is 3. The highest BCUT2D eigenvalue weighted by atomic mass is 32.2. The molecule has 172 valence electrons. The standard InChI is InChI=1S/C24H25N3O5S/c28-21(25-16-9-10-18-19(13-16)32-15-31-18)14-27-17-7-3-4-8-20(17)33-22(24(27)30)23(29)26-11-5-1-2-6-12-26/h3-4,7-10,13,22H,1-2,5-6,11-12,14-15H2,(H,25,28)/t22-/m1/s1. The zero-order chi connectivity index (χ0) is 22.8. The van der Waals surface area contributed by atoms with E-state index in [1.54, 1.807) is 29.2 Å². The summed E-state index contributed by atoms with van der Waals surface area (Å²) in [5.41, 5.74) is 1.20. The lowest BCUT2D eigenvalue weighted by Crippen LogP contribution is -2.51. The smallest absolute Gasteiger partial charge is 0.250 e. The molecule has 3 heterocycles. The van der Waals surface area contributed by atoms with Crippen LogP contribution in [0, 0.1) is 0 Å². The number of para-hydroxylation sites is 1. The van der Waals surface area contributed by atoms with Gasteiger partial charge in [-0.1, -0.05) is 25.0 Å². The first kappa shape index (κ1) is 21.6. The van der Waals surface area contributed by atoms with E-state index in [4.69, 9.17) is 9.47 Å². The van der Waals surface area contributed by atoms with E-state index in [1.807, 2.05) is 18.2 Å². The molecule has 1 fully saturated rings. The Labute approximate surface area is 196 Å². The topological polar surface area (TPSA) is 88.2 Å². The molecule has 1 N–H and O–H groups in total. The summed E-state index contributed by atoms with van der Waals surface area (Å²) in [6, 6.07) is 12.5. The lowest BCUT2D eigenvalue weighted by atomic mass is 10.2. The minimum Gasteiger partial charge on any atom is -0.454 e. The summed E-state index contributed by atoms with van der Waals surface area (Å²) in [5, 5.41) is 1.94. The van der Waals surface area contributed by atoms with Gasteiger partial charge in [0, 0.05) is 29.7 Å². The van der Waals surface area contributed by atoms with Crippen LogP contribution in [0.15, 0.2) is 47.4 Å². The number of thioether (sulfide) groups is 1. The molecule has 0 bridgehead atoms. The van der Waals surface area contributed by atoms with Gasteiger partial charge in [-0.2, -0.15) is 0 Å². The number of hydrogen-bond acceptors (Lipinski definition) is 6. The number of amides is 3. The maximum Gasteiger partial charge on any atom is 0.250 e. The summed E-state index contributed by atoms with van der Waals surface area (Å²) >= 11 is 1.28. The Hall–Kier alpha value is -3.20. The Morgan fingerprint density at radius 2 is 1.76 bits per heavy atom. The van der Waals surface area contributed by atoms with Crippen molar-refractivity contribution < 1.29 is 23.9 Å². The van der Waals surface area contributed by atoms with Gasteiger partial charge in [0.25, 0.3) is 5.91 Å². The van der Waals surface area contributed by atoms with Crippen molar-refractivity contribution >= 4 is 40.9 Å². The predicted molar refractivity (Wildman–Crippen MR) is 125 cm³/mol. The lowest BCUT2D eigenvalue weighted by molar-refractivity contribution is -0.135. The van der Waals surface area contributed by atoms with Crippen LogP contribution in [-0.4, -0.2) is 54.3 Å². The third-order valence-electron chi connectivity index (χ3n) is 5.99. The highest BCUT2D eigenvalue weighted by Crippen LogP contribution is 2.40. The summed E-state index contributed by atoms with van der Waals surface area (Å²) in [6.45, 7) is 1.31. The molecule has 1 saturated heterocycles. The second-order valence-corrected chi connectivity index (χ2v) is 9.39. The molecule has 33 heavy (non-hydrogen) atoms. The van der Waals surface area contributed by atoms with Crippen LogP contribution in [0.25, 0.3) is 0 Å². The number of carbonyl (C=O) groups excluding carboxylic acids is 3. The molecule has 0 aliphatic carbocycles. The maximum atomic E-state index is 13.4. The Bertz CT molecular complexity index is 1080. The van der Waals surface area contributed by atoms with Gasteiger partial charge in [0.2, 0.25) is 18.6 Å². The fraction of sp³-hybridized carbons (Fsp3) is 0.375. The van der Waals surface area contributed by atoms with E-state index in [0.29, 0.717) is 36.0 Å². The molecule has 3 aliphatic rings. The van der Waals surface area contributed by atoms with Crippen LogP contribution in [-0.2, 0) is 14.4 Å². The molecular formula is C24H25N3O5S. The van der Waals surface area contributed by atoms with Gasteiger partial charge in [-0.15, -0.1) is 11.8 Å². The third kappa shape index (κ3) is 4.50. The molecule has 2 aromatic carbocycles. The molecular weight excluding hydrogens is 442 g/mol. The maximum absolute atomic E-state index is 13.4. The third-order valence-corrected chi connectivity index (χ3v) is 7.23. The largest absolute Gasteiger partial charge is 0.454 e. The molecule has 8 nitrogen and oxygen atoms in total. The first-order valence-corrected chi connectivity index (χ1v) is 12.0. The summed E-state index contributed by atoms with van der Waals surface area (Å²) in [7, 11) is 0. The number of likely N-dealkylation sites (tertiary alicyclic amines) is 1. The van der Waals surface area contributed by atoms with Crippen LogP contribution in [0.3, 0.4) is 0 Å². The van der Waals surface area contributed by atoms with Gasteiger partial charge in [-0.05, 0) is 37.1 Å². The molecule has 0 unspecified atom stereocenters. The lowest BCUT2D eigenvalue weighted by Gasteiger charge is -2.34. The molecule has 3 amide bonds. The number of rotatable bonds is 4. The van der Waals surface area contributed by atoms with E-state index in [0.717, 1.165) is 30.6 Å². The molecule has 0 saturated carbocycles. The van der Waals surface area contributed by atoms with E-state index < -0.39 is 5.25 Å². The quantitative estimate of drug-likeness (QED) is 0.695. The first-order chi connectivity index (χ1) is 16.1. The number of anilines is 2. The number of benzene rings is 2. The van der Waals surface area contributed by atoms with Gasteiger partial charge < -0.3 is 24.6 Å². The van der Waals surface area contributed by atoms with Crippen molar-refractivity contribution in [3.63, 3.8) is 0 Å². The van der Waals surface area contributed by atoms with Crippen LogP contribution < -0.4 is 19.7 Å². The molecule has 1 atom stereocenters. The Morgan fingerprint density at radius 3 is 2.58 bits per heavy atom. The van der Waals surface area contributed by atoms with Crippen LogP contribution in [0.5, 0.6) is 11.5 Å². The van der Waals surface area contributed by atoms with E-state index in [2.05, 4.69) is 5.32 Å². The van der Waals surface area contributed by atoms with Crippen LogP contribution in [0.2, 0.25) is 0 Å². The van der Waals surface area contributed by atoms with Crippen LogP contribution in [0.4, 0.5) is 11.4 Å². The van der Waals surface area contributed by atoms with E-state index in [-0.39, 0.29) is 31.1 Å². The summed E-state index contributed by atoms with van der Waals surface area (Å²) in [5.74, 6) is 0.313. The summed E-state index contributed by atoms with van der Waals surface area (Å²) in [6.07, 6.45) is 4.11. The second kappa shape index (κ2) is 9.35. The molecule has 9 heteroatoms. The van der Waals surface area contributed by atoms with Crippen molar-refractivity contribution in [3.8, 4) is 11.5 Å². The second-order valence-electron chi connectivity index (χ2n) is 8.25. The predicted octanol–water partition coefficient (Wildman–Crippen LogP) is 3.26. The van der Waals surface area contributed by atoms with Crippen LogP contribution >= 0.6 is 11.8 Å². The normalized spacial score (nSPS) is 19.6. The zero-order valence-corrected chi connectivity index (χ0v) is 18.9. The first-order valence-electron chi connectivity index (χ1n) is 11.2. The Balaban J connectivity index is 1.34. The zero-order valence-electron chi connectivity index (χ0n) is 18.1. The van der Waals surface area contributed by atoms with Crippen molar-refractivity contribution in [2.24, 2.45) is 0 Å². The molecule has 2 aromatic rings. The number of hydrogen-bond donors (Lipinski definition) is 1. The summed E-state index contributed by atoms with van der Waals surface area (Å²) in [4.78, 5) is 43.7. The van der Waals surface area contributed by atoms with Crippen molar-refractivity contribution in [2.45, 2.75) is 35.8 Å². The fourth-order valence-electron chi connectivity index (χ4n) is 4.31. The van der Waals surface area contributed by atoms with Crippen molar-refractivity contribution in [1.82, 2.24) is 4.90 Å². The van der Waals surface area contributed by atoms with Gasteiger partial charge in [0.1, 0.15) is 6.54 Å². The Kier molecular flexibility index (Phi) is 6.13. The molecule has 5 rings (SSSR count). The number of nitrogens with one attached hydrogen (secondary N) is 1. The van der Waals surface area contributed by atoms with Crippen molar-refractivity contribution in [3.05, 3.63) is 42.5 Å². The molecule has 3 aliphatic heterocycles. The van der Waals surface area contributed by atoms with Crippen molar-refractivity contribution in [2.75, 3.05) is 36.6 Å². The number of nitrogens with zero attached hydrogens (tertiary/aromatic N) is 2. The highest BCUT2D eigenvalue weighted by Gasteiger charge is 2.40. The van der Waals surface area contributed by atoms with E-state index in [1.165, 1.54) is 16.7 Å². The average molecular weight is 468 g/mol. The highest BCUT2D eigenvalue weighted by molar-refractivity contribution is 8.01. The van der Waals surface area contributed by atoms with Gasteiger partial charge in [-0.25, -0.2) is 0 Å². The SMILES string of the molecule is O=C(CN1C(=O)[C@@H](C(=O)N2CCCCCC2)Sc2ccccc21)Nc1ccc2c(c1)OCO2. The minimum atomic E-state index is -0.878. The molecule has 0 radical (unpaired) electrons. The number of ether oxygens (including phenoxy) is 2. The fourth-order valence-corrected chi connectivity index (χ4v) is 5.50. The van der Waals surface area contributed by atoms with Crippen molar-refractivity contribution in [1.29, 1.82) is 0 Å². The van der Waals surface area contributed by atoms with Gasteiger partial charge in [-0.3, -0.25) is 14.4 Å². The monoisotopic (exact) mass is 467 g/mol. The van der Waals surface area contributed by atoms with E-state index in [9.17, 15) is 14.4 Å². The Morgan fingerprint density at radius 1 is 1.00 bits per heavy atom.